The Balaban J connectivity index is 1.44. The molecule has 0 unspecified atom stereocenters. The summed E-state index contributed by atoms with van der Waals surface area (Å²) in [7, 11) is -3.72. The molecule has 7 nitrogen and oxygen atoms in total. The van der Waals surface area contributed by atoms with Gasteiger partial charge in [0.05, 0.1) is 15.7 Å². The number of rotatable bonds is 6. The minimum absolute atomic E-state index is 0.0228. The second-order valence-corrected chi connectivity index (χ2v) is 9.52. The number of sulfonamides is 1. The van der Waals surface area contributed by atoms with E-state index in [4.69, 9.17) is 4.74 Å². The van der Waals surface area contributed by atoms with Gasteiger partial charge in [-0.1, -0.05) is 11.3 Å². The number of amides is 1. The molecule has 0 saturated carbocycles. The van der Waals surface area contributed by atoms with E-state index in [-0.39, 0.29) is 38.5 Å². The van der Waals surface area contributed by atoms with E-state index in [9.17, 15) is 22.0 Å². The quantitative estimate of drug-likeness (QED) is 0.597. The molecule has 1 atom stereocenters. The van der Waals surface area contributed by atoms with Crippen molar-refractivity contribution < 1.29 is 26.7 Å². The van der Waals surface area contributed by atoms with E-state index in [1.807, 2.05) is 0 Å². The summed E-state index contributed by atoms with van der Waals surface area (Å²) in [5.74, 6) is -2.09. The van der Waals surface area contributed by atoms with Crippen LogP contribution in [0, 0.1) is 11.6 Å². The molecule has 1 saturated heterocycles. The standard InChI is InChI=1S/C19H17F2N3O4S2/c20-12-8-15(21)17-16(9-12)29-19(23-17)24-18(25)11-3-5-14(6-4-11)30(26,27)22-10-13-2-1-7-28-13/h3-6,8-9,13,22H,1-2,7,10H2,(H,23,24,25)/t13-/m1/s1. The van der Waals surface area contributed by atoms with Crippen LogP contribution in [0.1, 0.15) is 23.2 Å². The van der Waals surface area contributed by atoms with E-state index >= 15 is 0 Å². The van der Waals surface area contributed by atoms with Gasteiger partial charge >= 0.3 is 0 Å². The first-order valence-corrected chi connectivity index (χ1v) is 11.4. The molecule has 2 aromatic carbocycles. The molecule has 0 radical (unpaired) electrons. The van der Waals surface area contributed by atoms with Gasteiger partial charge < -0.3 is 4.74 Å². The summed E-state index contributed by atoms with van der Waals surface area (Å²) in [5.41, 5.74) is 0.162. The monoisotopic (exact) mass is 453 g/mol. The van der Waals surface area contributed by atoms with Gasteiger partial charge in [-0.25, -0.2) is 26.9 Å². The average molecular weight is 453 g/mol. The number of carbonyl (C=O) groups is 1. The molecule has 158 valence electrons. The molecule has 2 heterocycles. The molecule has 30 heavy (non-hydrogen) atoms. The molecule has 11 heteroatoms. The molecule has 3 aromatic rings. The third-order valence-electron chi connectivity index (χ3n) is 4.59. The van der Waals surface area contributed by atoms with Gasteiger partial charge in [-0.05, 0) is 43.2 Å². The molecule has 4 rings (SSSR count). The Bertz CT molecular complexity index is 1190. The van der Waals surface area contributed by atoms with Crippen LogP contribution in [0.4, 0.5) is 13.9 Å². The van der Waals surface area contributed by atoms with Crippen LogP contribution in [0.2, 0.25) is 0 Å². The lowest BCUT2D eigenvalue weighted by molar-refractivity contribution is 0.102. The molecule has 2 N–H and O–H groups in total. The smallest absolute Gasteiger partial charge is 0.257 e. The largest absolute Gasteiger partial charge is 0.377 e. The highest BCUT2D eigenvalue weighted by molar-refractivity contribution is 7.89. The van der Waals surface area contributed by atoms with Crippen LogP contribution in [-0.4, -0.2) is 38.6 Å². The molecule has 0 aliphatic carbocycles. The van der Waals surface area contributed by atoms with Crippen molar-refractivity contribution >= 4 is 42.6 Å². The maximum Gasteiger partial charge on any atom is 0.257 e. The van der Waals surface area contributed by atoms with Gasteiger partial charge in [0.25, 0.3) is 5.91 Å². The number of aromatic nitrogens is 1. The number of nitrogens with one attached hydrogen (secondary N) is 2. The van der Waals surface area contributed by atoms with E-state index < -0.39 is 27.6 Å². The predicted octanol–water partition coefficient (Wildman–Crippen LogP) is 3.28. The minimum atomic E-state index is -3.72. The number of ether oxygens (including phenoxy) is 1. The zero-order valence-corrected chi connectivity index (χ0v) is 17.2. The number of benzene rings is 2. The summed E-state index contributed by atoms with van der Waals surface area (Å²) < 4.78 is 60.0. The lowest BCUT2D eigenvalue weighted by Gasteiger charge is -2.11. The Morgan fingerprint density at radius 3 is 2.70 bits per heavy atom. The van der Waals surface area contributed by atoms with E-state index in [2.05, 4.69) is 15.0 Å². The van der Waals surface area contributed by atoms with Gasteiger partial charge in [0.1, 0.15) is 11.3 Å². The first-order valence-electron chi connectivity index (χ1n) is 9.10. The molecule has 1 fully saturated rings. The van der Waals surface area contributed by atoms with Crippen LogP contribution in [0.15, 0.2) is 41.3 Å². The van der Waals surface area contributed by atoms with Crippen LogP contribution in [-0.2, 0) is 14.8 Å². The summed E-state index contributed by atoms with van der Waals surface area (Å²) in [5, 5.41) is 2.62. The minimum Gasteiger partial charge on any atom is -0.377 e. The SMILES string of the molecule is O=C(Nc1nc2c(F)cc(F)cc2s1)c1ccc(S(=O)(=O)NC[C@H]2CCCO2)cc1. The van der Waals surface area contributed by atoms with Crippen molar-refractivity contribution in [3.63, 3.8) is 0 Å². The molecular weight excluding hydrogens is 436 g/mol. The Hall–Kier alpha value is -2.47. The topological polar surface area (TPSA) is 97.4 Å². The number of hydrogen-bond donors (Lipinski definition) is 2. The van der Waals surface area contributed by atoms with Gasteiger partial charge in [-0.15, -0.1) is 0 Å². The van der Waals surface area contributed by atoms with Crippen LogP contribution >= 0.6 is 11.3 Å². The predicted molar refractivity (Wildman–Crippen MR) is 108 cm³/mol. The van der Waals surface area contributed by atoms with Crippen LogP contribution in [0.3, 0.4) is 0 Å². The van der Waals surface area contributed by atoms with E-state index in [1.165, 1.54) is 24.3 Å². The first-order chi connectivity index (χ1) is 14.3. The van der Waals surface area contributed by atoms with Gasteiger partial charge in [-0.2, -0.15) is 0 Å². The number of carbonyl (C=O) groups excluding carboxylic acids is 1. The summed E-state index contributed by atoms with van der Waals surface area (Å²) in [6.07, 6.45) is 1.59. The highest BCUT2D eigenvalue weighted by Gasteiger charge is 2.21. The second-order valence-electron chi connectivity index (χ2n) is 6.72. The van der Waals surface area contributed by atoms with Crippen molar-refractivity contribution in [2.24, 2.45) is 0 Å². The van der Waals surface area contributed by atoms with Crippen LogP contribution in [0.25, 0.3) is 10.2 Å². The summed E-state index contributed by atoms with van der Waals surface area (Å²) >= 11 is 0.934. The van der Waals surface area contributed by atoms with Crippen LogP contribution in [0.5, 0.6) is 0 Å². The third kappa shape index (κ3) is 4.48. The van der Waals surface area contributed by atoms with Crippen molar-refractivity contribution in [1.29, 1.82) is 0 Å². The lowest BCUT2D eigenvalue weighted by Crippen LogP contribution is -2.31. The molecule has 0 bridgehead atoms. The molecule has 0 spiro atoms. The van der Waals surface area contributed by atoms with Crippen molar-refractivity contribution in [1.82, 2.24) is 9.71 Å². The van der Waals surface area contributed by atoms with Crippen molar-refractivity contribution in [2.75, 3.05) is 18.5 Å². The summed E-state index contributed by atoms with van der Waals surface area (Å²) in [6, 6.07) is 7.22. The fourth-order valence-electron chi connectivity index (χ4n) is 3.06. The Morgan fingerprint density at radius 2 is 2.00 bits per heavy atom. The van der Waals surface area contributed by atoms with E-state index in [1.54, 1.807) is 0 Å². The van der Waals surface area contributed by atoms with Gasteiger partial charge in [-0.3, -0.25) is 10.1 Å². The van der Waals surface area contributed by atoms with Gasteiger partial charge in [0, 0.05) is 24.8 Å². The highest BCUT2D eigenvalue weighted by atomic mass is 32.2. The van der Waals surface area contributed by atoms with E-state index in [0.717, 1.165) is 36.3 Å². The molecule has 1 aliphatic rings. The van der Waals surface area contributed by atoms with Crippen molar-refractivity contribution in [2.45, 2.75) is 23.8 Å². The zero-order valence-electron chi connectivity index (χ0n) is 15.5. The second kappa shape index (κ2) is 8.34. The first kappa shape index (κ1) is 20.8. The number of thiazole rings is 1. The Kier molecular flexibility index (Phi) is 5.78. The normalized spacial score (nSPS) is 16.8. The number of halogens is 2. The highest BCUT2D eigenvalue weighted by Crippen LogP contribution is 2.29. The average Bonchev–Trinajstić information content (AvgIpc) is 3.36. The Morgan fingerprint density at radius 1 is 1.23 bits per heavy atom. The maximum atomic E-state index is 13.8. The molecule has 1 amide bonds. The lowest BCUT2D eigenvalue weighted by atomic mass is 10.2. The summed E-state index contributed by atoms with van der Waals surface area (Å²) in [6.45, 7) is 0.825. The van der Waals surface area contributed by atoms with Gasteiger partial charge in [0.15, 0.2) is 10.9 Å². The zero-order chi connectivity index (χ0) is 21.3. The fraction of sp³-hybridized carbons (Fsp3) is 0.263. The van der Waals surface area contributed by atoms with Crippen molar-refractivity contribution in [3.8, 4) is 0 Å². The number of anilines is 1. The molecule has 1 aliphatic heterocycles. The maximum absolute atomic E-state index is 13.8. The number of fused-ring (bicyclic) bond motifs is 1. The Labute approximate surface area is 175 Å². The van der Waals surface area contributed by atoms with Crippen molar-refractivity contribution in [3.05, 3.63) is 53.6 Å². The molecular formula is C19H17F2N3O4S2. The third-order valence-corrected chi connectivity index (χ3v) is 6.94. The van der Waals surface area contributed by atoms with Gasteiger partial charge in [0.2, 0.25) is 10.0 Å². The summed E-state index contributed by atoms with van der Waals surface area (Å²) in [4.78, 5) is 16.4. The molecule has 1 aromatic heterocycles. The van der Waals surface area contributed by atoms with Crippen LogP contribution < -0.4 is 10.0 Å². The van der Waals surface area contributed by atoms with E-state index in [0.29, 0.717) is 6.61 Å². The number of nitrogens with zero attached hydrogens (tertiary/aromatic N) is 1. The fourth-order valence-corrected chi connectivity index (χ4v) is 5.02. The number of hydrogen-bond acceptors (Lipinski definition) is 6.